The quantitative estimate of drug-likeness (QED) is 0.395. The summed E-state index contributed by atoms with van der Waals surface area (Å²) < 4.78 is 5.43. The van der Waals surface area contributed by atoms with Gasteiger partial charge in [0.25, 0.3) is 5.69 Å². The van der Waals surface area contributed by atoms with Gasteiger partial charge in [-0.3, -0.25) is 14.9 Å². The summed E-state index contributed by atoms with van der Waals surface area (Å²) in [5, 5.41) is 33.0. The first-order chi connectivity index (χ1) is 16.5. The van der Waals surface area contributed by atoms with Gasteiger partial charge in [-0.15, -0.1) is 11.3 Å². The van der Waals surface area contributed by atoms with E-state index >= 15 is 0 Å². The summed E-state index contributed by atoms with van der Waals surface area (Å²) >= 11 is 1.61. The number of ketones is 1. The number of para-hydroxylation sites is 2. The summed E-state index contributed by atoms with van der Waals surface area (Å²) in [5.41, 5.74) is 2.19. The van der Waals surface area contributed by atoms with Crippen molar-refractivity contribution in [3.8, 4) is 11.5 Å². The number of rotatable bonds is 5. The number of benzene rings is 2. The largest absolute Gasteiger partial charge is 0.865 e. The first-order valence-corrected chi connectivity index (χ1v) is 11.9. The van der Waals surface area contributed by atoms with Crippen molar-refractivity contribution >= 4 is 34.2 Å². The maximum atomic E-state index is 13.6. The predicted octanol–water partition coefficient (Wildman–Crippen LogP) is 4.96. The fraction of sp³-hybridized carbons (Fsp3) is 0.240. The molecule has 8 nitrogen and oxygen atoms in total. The van der Waals surface area contributed by atoms with Gasteiger partial charge in [-0.1, -0.05) is 24.3 Å². The average molecular weight is 477 g/mol. The highest BCUT2D eigenvalue weighted by Crippen LogP contribution is 2.47. The summed E-state index contributed by atoms with van der Waals surface area (Å²) in [7, 11) is 0. The van der Waals surface area contributed by atoms with Crippen LogP contribution in [0.2, 0.25) is 0 Å². The molecule has 1 aliphatic heterocycles. The SMILES string of the molecule is CCOc1cc([C@H]2Nc3ccccc3NC3=C[C@@H](c4cccs4)CC(=O)[C@H]32)cc([N+](=O)[O-])c1[O-]. The van der Waals surface area contributed by atoms with Gasteiger partial charge in [-0.2, -0.15) is 0 Å². The molecule has 1 aromatic heterocycles. The second-order valence-electron chi connectivity index (χ2n) is 8.24. The number of anilines is 2. The topological polar surface area (TPSA) is 117 Å². The van der Waals surface area contributed by atoms with Gasteiger partial charge in [0.1, 0.15) is 11.5 Å². The van der Waals surface area contributed by atoms with Crippen molar-refractivity contribution in [2.75, 3.05) is 17.2 Å². The smallest absolute Gasteiger partial charge is 0.265 e. The van der Waals surface area contributed by atoms with Gasteiger partial charge < -0.3 is 20.5 Å². The van der Waals surface area contributed by atoms with Crippen LogP contribution in [0.5, 0.6) is 11.5 Å². The predicted molar refractivity (Wildman–Crippen MR) is 128 cm³/mol. The summed E-state index contributed by atoms with van der Waals surface area (Å²) in [5.74, 6) is -1.51. The summed E-state index contributed by atoms with van der Waals surface area (Å²) in [4.78, 5) is 25.6. The Morgan fingerprint density at radius 1 is 1.18 bits per heavy atom. The van der Waals surface area contributed by atoms with E-state index in [2.05, 4.69) is 16.7 Å². The minimum Gasteiger partial charge on any atom is -0.865 e. The maximum Gasteiger partial charge on any atom is 0.265 e. The van der Waals surface area contributed by atoms with E-state index in [1.54, 1.807) is 18.3 Å². The van der Waals surface area contributed by atoms with Crippen LogP contribution in [0.15, 0.2) is 65.7 Å². The van der Waals surface area contributed by atoms with Crippen molar-refractivity contribution in [1.82, 2.24) is 0 Å². The molecule has 3 atom stereocenters. The molecule has 0 spiro atoms. The van der Waals surface area contributed by atoms with E-state index in [1.807, 2.05) is 41.8 Å². The van der Waals surface area contributed by atoms with E-state index in [-0.39, 0.29) is 24.1 Å². The molecule has 0 fully saturated rings. The summed E-state index contributed by atoms with van der Waals surface area (Å²) in [6.45, 7) is 1.90. The van der Waals surface area contributed by atoms with Crippen molar-refractivity contribution < 1.29 is 19.6 Å². The minimum atomic E-state index is -0.772. The first-order valence-electron chi connectivity index (χ1n) is 11.0. The number of fused-ring (bicyclic) bond motifs is 2. The number of nitrogens with one attached hydrogen (secondary N) is 2. The Balaban J connectivity index is 1.67. The van der Waals surface area contributed by atoms with E-state index in [0.29, 0.717) is 12.0 Å². The molecule has 0 radical (unpaired) electrons. The number of carbonyl (C=O) groups excluding carboxylic acids is 1. The van der Waals surface area contributed by atoms with E-state index in [9.17, 15) is 20.0 Å². The summed E-state index contributed by atoms with van der Waals surface area (Å²) in [6.07, 6.45) is 2.40. The lowest BCUT2D eigenvalue weighted by molar-refractivity contribution is -0.398. The second-order valence-corrected chi connectivity index (χ2v) is 9.22. The Bertz CT molecular complexity index is 1290. The van der Waals surface area contributed by atoms with Crippen molar-refractivity contribution in [1.29, 1.82) is 0 Å². The molecule has 3 aromatic rings. The maximum absolute atomic E-state index is 13.6. The number of allylic oxidation sites excluding steroid dienone is 1. The molecule has 5 rings (SSSR count). The number of nitrogens with zero attached hydrogens (tertiary/aromatic N) is 1. The molecule has 0 amide bonds. The number of ether oxygens (including phenoxy) is 1. The number of thiophene rings is 1. The van der Waals surface area contributed by atoms with E-state index in [1.165, 1.54) is 12.1 Å². The van der Waals surface area contributed by atoms with Crippen LogP contribution in [0.25, 0.3) is 0 Å². The molecule has 2 N–H and O–H groups in total. The van der Waals surface area contributed by atoms with Gasteiger partial charge in [0.15, 0.2) is 0 Å². The molecular formula is C25H22N3O5S-. The zero-order valence-electron chi connectivity index (χ0n) is 18.3. The number of carbonyl (C=O) groups is 1. The minimum absolute atomic E-state index is 0.0144. The van der Waals surface area contributed by atoms with Crippen LogP contribution in [0.3, 0.4) is 0 Å². The fourth-order valence-electron chi connectivity index (χ4n) is 4.65. The number of hydrogen-bond acceptors (Lipinski definition) is 8. The first kappa shape index (κ1) is 22.0. The molecule has 1 aliphatic carbocycles. The average Bonchev–Trinajstić information content (AvgIpc) is 3.29. The highest BCUT2D eigenvalue weighted by molar-refractivity contribution is 7.10. The Kier molecular flexibility index (Phi) is 5.70. The fourth-order valence-corrected chi connectivity index (χ4v) is 5.45. The van der Waals surface area contributed by atoms with Crippen molar-refractivity contribution in [3.63, 3.8) is 0 Å². The van der Waals surface area contributed by atoms with Crippen LogP contribution in [0.4, 0.5) is 17.1 Å². The van der Waals surface area contributed by atoms with E-state index < -0.39 is 28.3 Å². The molecular weight excluding hydrogens is 454 g/mol. The molecule has 2 aromatic carbocycles. The van der Waals surface area contributed by atoms with Crippen LogP contribution >= 0.6 is 11.3 Å². The monoisotopic (exact) mass is 476 g/mol. The van der Waals surface area contributed by atoms with Gasteiger partial charge in [-0.25, -0.2) is 0 Å². The molecule has 174 valence electrons. The lowest BCUT2D eigenvalue weighted by atomic mass is 9.78. The zero-order valence-corrected chi connectivity index (χ0v) is 19.1. The third-order valence-electron chi connectivity index (χ3n) is 6.16. The van der Waals surface area contributed by atoms with Crippen LogP contribution in [0, 0.1) is 16.0 Å². The molecule has 0 bridgehead atoms. The molecule has 0 unspecified atom stereocenters. The Morgan fingerprint density at radius 2 is 1.97 bits per heavy atom. The van der Waals surface area contributed by atoms with Gasteiger partial charge in [0, 0.05) is 34.7 Å². The van der Waals surface area contributed by atoms with Crippen LogP contribution in [-0.4, -0.2) is 17.3 Å². The summed E-state index contributed by atoms with van der Waals surface area (Å²) in [6, 6.07) is 13.7. The van der Waals surface area contributed by atoms with Gasteiger partial charge >= 0.3 is 0 Å². The highest BCUT2D eigenvalue weighted by Gasteiger charge is 2.40. The van der Waals surface area contributed by atoms with E-state index in [4.69, 9.17) is 4.74 Å². The molecule has 0 saturated heterocycles. The Hall–Kier alpha value is -3.85. The standard InChI is InChI=1S/C25H23N3O5S/c1-2-33-21-13-15(11-19(25(21)30)28(31)32)24-23-18(26-16-6-3-4-7-17(16)27-24)10-14(12-20(23)29)22-8-5-9-34-22/h3-11,13-14,23-24,26-27,30H,2,12H2,1H3/p-1/t14-,23+,24-/m1/s1. The number of nitro benzene ring substituents is 1. The Labute approximate surface area is 200 Å². The molecule has 2 heterocycles. The number of nitro groups is 1. The van der Waals surface area contributed by atoms with Gasteiger partial charge in [0.2, 0.25) is 0 Å². The molecule has 2 aliphatic rings. The Morgan fingerprint density at radius 3 is 2.68 bits per heavy atom. The van der Waals surface area contributed by atoms with Crippen molar-refractivity contribution in [2.45, 2.75) is 25.3 Å². The lowest BCUT2D eigenvalue weighted by Gasteiger charge is -2.32. The normalized spacial score (nSPS) is 21.3. The highest BCUT2D eigenvalue weighted by atomic mass is 32.1. The molecule has 9 heteroatoms. The third-order valence-corrected chi connectivity index (χ3v) is 7.16. The second kappa shape index (κ2) is 8.83. The van der Waals surface area contributed by atoms with Crippen molar-refractivity contribution in [2.24, 2.45) is 5.92 Å². The van der Waals surface area contributed by atoms with E-state index in [0.717, 1.165) is 21.9 Å². The third kappa shape index (κ3) is 3.88. The van der Waals surface area contributed by atoms with Crippen LogP contribution in [-0.2, 0) is 4.79 Å². The molecule has 34 heavy (non-hydrogen) atoms. The van der Waals surface area contributed by atoms with Gasteiger partial charge in [-0.05, 0) is 42.1 Å². The lowest BCUT2D eigenvalue weighted by Crippen LogP contribution is -2.33. The van der Waals surface area contributed by atoms with Crippen molar-refractivity contribution in [3.05, 3.63) is 86.2 Å². The van der Waals surface area contributed by atoms with Gasteiger partial charge in [0.05, 0.1) is 34.9 Å². The molecule has 0 saturated carbocycles. The van der Waals surface area contributed by atoms with Crippen LogP contribution < -0.4 is 20.5 Å². The zero-order chi connectivity index (χ0) is 23.8. The number of hydrogen-bond donors (Lipinski definition) is 2. The van der Waals surface area contributed by atoms with Crippen LogP contribution in [0.1, 0.15) is 35.7 Å². The number of Topliss-reactive ketones (excluding diaryl/α,β-unsaturated/α-hetero) is 1.